The van der Waals surface area contributed by atoms with E-state index in [0.717, 1.165) is 6.42 Å². The van der Waals surface area contributed by atoms with Gasteiger partial charge in [-0.1, -0.05) is 48.1 Å². The zero-order valence-electron chi connectivity index (χ0n) is 14.6. The van der Waals surface area contributed by atoms with Crippen LogP contribution in [0.5, 0.6) is 0 Å². The fourth-order valence-electron chi connectivity index (χ4n) is 4.68. The van der Waals surface area contributed by atoms with Crippen LogP contribution in [0.25, 0.3) is 0 Å². The van der Waals surface area contributed by atoms with E-state index in [1.165, 1.54) is 49.7 Å². The molecule has 2 bridgehead atoms. The molecule has 1 aromatic carbocycles. The van der Waals surface area contributed by atoms with Crippen molar-refractivity contribution in [2.24, 2.45) is 5.41 Å². The minimum atomic E-state index is 0.411. The van der Waals surface area contributed by atoms with E-state index in [-0.39, 0.29) is 0 Å². The number of allylic oxidation sites excluding steroid dienone is 3. The Balaban J connectivity index is 1.75. The van der Waals surface area contributed by atoms with Gasteiger partial charge in [0.05, 0.1) is 0 Å². The summed E-state index contributed by atoms with van der Waals surface area (Å²) in [4.78, 5) is 0. The number of hydrogen-bond acceptors (Lipinski definition) is 1. The van der Waals surface area contributed by atoms with Crippen LogP contribution < -0.4 is 0 Å². The van der Waals surface area contributed by atoms with Crippen molar-refractivity contribution in [2.75, 3.05) is 0 Å². The molecule has 3 fully saturated rings. The number of nitrogens with one attached hydrogen (secondary N) is 1. The third-order valence-electron chi connectivity index (χ3n) is 6.62. The Morgan fingerprint density at radius 3 is 2.17 bits per heavy atom. The molecule has 3 aliphatic rings. The second-order valence-electron chi connectivity index (χ2n) is 7.75. The summed E-state index contributed by atoms with van der Waals surface area (Å²) >= 11 is 0. The summed E-state index contributed by atoms with van der Waals surface area (Å²) in [6, 6.07) is 9.27. The Labute approximate surface area is 141 Å². The fourth-order valence-corrected chi connectivity index (χ4v) is 4.68. The first-order chi connectivity index (χ1) is 11.0. The van der Waals surface area contributed by atoms with Crippen LogP contribution in [0.3, 0.4) is 0 Å². The van der Waals surface area contributed by atoms with Crippen molar-refractivity contribution >= 4 is 5.71 Å². The summed E-state index contributed by atoms with van der Waals surface area (Å²) in [5.74, 6) is 0. The van der Waals surface area contributed by atoms with Gasteiger partial charge in [-0.15, -0.1) is 0 Å². The van der Waals surface area contributed by atoms with Crippen molar-refractivity contribution in [3.05, 3.63) is 59.7 Å². The van der Waals surface area contributed by atoms with Crippen LogP contribution in [0.4, 0.5) is 0 Å². The van der Waals surface area contributed by atoms with Crippen molar-refractivity contribution < 1.29 is 0 Å². The molecule has 0 radical (unpaired) electrons. The summed E-state index contributed by atoms with van der Waals surface area (Å²) in [5.41, 5.74) is 5.90. The van der Waals surface area contributed by atoms with Gasteiger partial charge in [-0.25, -0.2) is 0 Å². The van der Waals surface area contributed by atoms with Crippen molar-refractivity contribution in [3.8, 4) is 0 Å². The molecule has 1 aromatic rings. The third-order valence-corrected chi connectivity index (χ3v) is 6.62. The largest absolute Gasteiger partial charge is 0.305 e. The van der Waals surface area contributed by atoms with Crippen LogP contribution in [0.2, 0.25) is 0 Å². The Bertz CT molecular complexity index is 608. The fraction of sp³-hybridized carbons (Fsp3) is 0.500. The molecule has 0 spiro atoms. The molecule has 1 nitrogen and oxygen atoms in total. The predicted molar refractivity (Wildman–Crippen MR) is 99.3 cm³/mol. The number of rotatable bonds is 5. The molecule has 1 N–H and O–H groups in total. The Morgan fingerprint density at radius 1 is 1.09 bits per heavy atom. The van der Waals surface area contributed by atoms with Gasteiger partial charge < -0.3 is 5.41 Å². The minimum absolute atomic E-state index is 0.411. The quantitative estimate of drug-likeness (QED) is 0.500. The van der Waals surface area contributed by atoms with Gasteiger partial charge in [0.15, 0.2) is 0 Å². The maximum Gasteiger partial charge on any atom is 0.0345 e. The van der Waals surface area contributed by atoms with E-state index in [4.69, 9.17) is 5.41 Å². The van der Waals surface area contributed by atoms with Gasteiger partial charge in [0.1, 0.15) is 0 Å². The highest BCUT2D eigenvalue weighted by atomic mass is 14.5. The SMILES string of the molecule is C=CC(=N)C/C=C(\C)C12CCC(c3ccc(C)cc3)(CC1)CC2. The highest BCUT2D eigenvalue weighted by molar-refractivity contribution is 5.92. The highest BCUT2D eigenvalue weighted by Crippen LogP contribution is 2.60. The standard InChI is InChI=1S/C22H29N/c1-4-20(23)10-7-18(3)21-11-14-22(15-12-21,16-13-21)19-8-5-17(2)6-9-19/h4-9,23H,1,10-16H2,2-3H3/b18-7+,23-20?. The van der Waals surface area contributed by atoms with E-state index in [1.54, 1.807) is 11.6 Å². The van der Waals surface area contributed by atoms with Gasteiger partial charge in [-0.05, 0) is 74.8 Å². The molecular formula is C22H29N. The summed E-state index contributed by atoms with van der Waals surface area (Å²) in [6.07, 6.45) is 12.6. The van der Waals surface area contributed by atoms with Gasteiger partial charge in [-0.3, -0.25) is 0 Å². The molecule has 0 atom stereocenters. The maximum absolute atomic E-state index is 7.77. The summed E-state index contributed by atoms with van der Waals surface area (Å²) < 4.78 is 0. The lowest BCUT2D eigenvalue weighted by Crippen LogP contribution is -2.44. The van der Waals surface area contributed by atoms with Crippen molar-refractivity contribution in [1.82, 2.24) is 0 Å². The van der Waals surface area contributed by atoms with E-state index in [9.17, 15) is 0 Å². The van der Waals surface area contributed by atoms with Crippen LogP contribution >= 0.6 is 0 Å². The van der Waals surface area contributed by atoms with E-state index < -0.39 is 0 Å². The Morgan fingerprint density at radius 2 is 1.65 bits per heavy atom. The Kier molecular flexibility index (Phi) is 4.31. The van der Waals surface area contributed by atoms with Crippen molar-refractivity contribution in [1.29, 1.82) is 5.41 Å². The molecule has 0 aliphatic heterocycles. The van der Waals surface area contributed by atoms with Crippen LogP contribution in [0.15, 0.2) is 48.6 Å². The molecule has 1 heteroatoms. The number of hydrogen-bond donors (Lipinski definition) is 1. The lowest BCUT2D eigenvalue weighted by molar-refractivity contribution is 0.0694. The Hall–Kier alpha value is -1.63. The molecule has 3 saturated carbocycles. The van der Waals surface area contributed by atoms with Gasteiger partial charge in [0, 0.05) is 12.1 Å². The second-order valence-corrected chi connectivity index (χ2v) is 7.75. The van der Waals surface area contributed by atoms with E-state index in [1.807, 2.05) is 0 Å². The molecule has 23 heavy (non-hydrogen) atoms. The monoisotopic (exact) mass is 307 g/mol. The average molecular weight is 307 g/mol. The molecule has 0 heterocycles. The zero-order valence-corrected chi connectivity index (χ0v) is 14.6. The van der Waals surface area contributed by atoms with Crippen molar-refractivity contribution in [2.45, 2.75) is 64.2 Å². The maximum atomic E-state index is 7.77. The van der Waals surface area contributed by atoms with Crippen LogP contribution in [0, 0.1) is 17.7 Å². The molecule has 0 aromatic heterocycles. The highest BCUT2D eigenvalue weighted by Gasteiger charge is 2.49. The van der Waals surface area contributed by atoms with Gasteiger partial charge in [0.25, 0.3) is 0 Å². The van der Waals surface area contributed by atoms with E-state index >= 15 is 0 Å². The van der Waals surface area contributed by atoms with E-state index in [2.05, 4.69) is 50.8 Å². The van der Waals surface area contributed by atoms with Crippen LogP contribution in [-0.4, -0.2) is 5.71 Å². The molecule has 0 amide bonds. The molecule has 3 aliphatic carbocycles. The van der Waals surface area contributed by atoms with Crippen LogP contribution in [-0.2, 0) is 5.41 Å². The first-order valence-electron chi connectivity index (χ1n) is 8.94. The van der Waals surface area contributed by atoms with Gasteiger partial charge in [0.2, 0.25) is 0 Å². The lowest BCUT2D eigenvalue weighted by Gasteiger charge is -2.54. The lowest BCUT2D eigenvalue weighted by atomic mass is 9.50. The molecule has 122 valence electrons. The summed E-state index contributed by atoms with van der Waals surface area (Å²) in [7, 11) is 0. The van der Waals surface area contributed by atoms with Crippen LogP contribution in [0.1, 0.15) is 63.0 Å². The van der Waals surface area contributed by atoms with Gasteiger partial charge >= 0.3 is 0 Å². The molecule has 4 rings (SSSR count). The number of aryl methyl sites for hydroxylation is 1. The summed E-state index contributed by atoms with van der Waals surface area (Å²) in [5, 5.41) is 7.77. The van der Waals surface area contributed by atoms with Crippen molar-refractivity contribution in [3.63, 3.8) is 0 Å². The molecule has 0 saturated heterocycles. The molecule has 0 unspecified atom stereocenters. The molecular weight excluding hydrogens is 278 g/mol. The predicted octanol–water partition coefficient (Wildman–Crippen LogP) is 6.13. The zero-order chi connectivity index (χ0) is 16.5. The van der Waals surface area contributed by atoms with E-state index in [0.29, 0.717) is 16.5 Å². The van der Waals surface area contributed by atoms with Gasteiger partial charge in [-0.2, -0.15) is 0 Å². The third kappa shape index (κ3) is 2.94. The average Bonchev–Trinajstić information content (AvgIpc) is 2.61. The summed E-state index contributed by atoms with van der Waals surface area (Å²) in [6.45, 7) is 8.15. The minimum Gasteiger partial charge on any atom is -0.305 e. The first-order valence-corrected chi connectivity index (χ1v) is 8.94. The normalized spacial score (nSPS) is 30.3. The number of benzene rings is 1. The first kappa shape index (κ1) is 16.2. The number of fused-ring (bicyclic) bond motifs is 3. The smallest absolute Gasteiger partial charge is 0.0345 e. The second kappa shape index (κ2) is 6.11. The topological polar surface area (TPSA) is 23.9 Å².